The lowest BCUT2D eigenvalue weighted by Gasteiger charge is -2.15. The molecule has 1 aliphatic rings. The molecule has 23 heavy (non-hydrogen) atoms. The average molecular weight is 328 g/mol. The van der Waals surface area contributed by atoms with Gasteiger partial charge in [-0.15, -0.1) is 11.3 Å². The van der Waals surface area contributed by atoms with Crippen molar-refractivity contribution in [3.05, 3.63) is 45.8 Å². The van der Waals surface area contributed by atoms with Crippen molar-refractivity contribution in [1.29, 1.82) is 0 Å². The molecule has 0 aliphatic carbocycles. The molecule has 0 spiro atoms. The van der Waals surface area contributed by atoms with Gasteiger partial charge in [-0.1, -0.05) is 31.2 Å². The molecule has 1 aromatic heterocycles. The first-order chi connectivity index (χ1) is 11.0. The number of thiophene rings is 1. The van der Waals surface area contributed by atoms with Crippen LogP contribution in [0.2, 0.25) is 0 Å². The SMILES string of the molecule is CCc1ccc(-c2sc(C(=O)N3CC[C@H](N)C3)c(C)c2C)cc1. The smallest absolute Gasteiger partial charge is 0.264 e. The van der Waals surface area contributed by atoms with Crippen LogP contribution in [0.5, 0.6) is 0 Å². The maximum absolute atomic E-state index is 12.8. The third kappa shape index (κ3) is 3.06. The predicted octanol–water partition coefficient (Wildman–Crippen LogP) is 3.77. The molecule has 0 bridgehead atoms. The number of hydrogen-bond acceptors (Lipinski definition) is 3. The summed E-state index contributed by atoms with van der Waals surface area (Å²) >= 11 is 1.62. The Balaban J connectivity index is 1.93. The molecule has 4 heteroatoms. The van der Waals surface area contributed by atoms with Gasteiger partial charge in [0.15, 0.2) is 0 Å². The Morgan fingerprint density at radius 3 is 2.52 bits per heavy atom. The Kier molecular flexibility index (Phi) is 4.55. The number of carbonyl (C=O) groups excluding carboxylic acids is 1. The molecular weight excluding hydrogens is 304 g/mol. The molecule has 2 aromatic rings. The normalized spacial score (nSPS) is 17.7. The maximum atomic E-state index is 12.8. The zero-order chi connectivity index (χ0) is 16.6. The Labute approximate surface area is 142 Å². The molecule has 3 nitrogen and oxygen atoms in total. The average Bonchev–Trinajstić information content (AvgIpc) is 3.12. The van der Waals surface area contributed by atoms with Gasteiger partial charge in [-0.25, -0.2) is 0 Å². The molecule has 1 atom stereocenters. The second kappa shape index (κ2) is 6.46. The summed E-state index contributed by atoms with van der Waals surface area (Å²) in [5, 5.41) is 0. The molecule has 1 amide bonds. The quantitative estimate of drug-likeness (QED) is 0.932. The number of hydrogen-bond donors (Lipinski definition) is 1. The standard InChI is InChI=1S/C19H24N2OS/c1-4-14-5-7-15(8-6-14)17-12(2)13(3)18(23-17)19(22)21-10-9-16(20)11-21/h5-8,16H,4,9-11,20H2,1-3H3/t16-/m0/s1. The highest BCUT2D eigenvalue weighted by Crippen LogP contribution is 2.37. The molecule has 1 saturated heterocycles. The first-order valence-electron chi connectivity index (χ1n) is 8.25. The van der Waals surface area contributed by atoms with E-state index < -0.39 is 0 Å². The van der Waals surface area contributed by atoms with Crippen molar-refractivity contribution in [1.82, 2.24) is 4.90 Å². The van der Waals surface area contributed by atoms with Gasteiger partial charge in [0.2, 0.25) is 0 Å². The molecule has 0 saturated carbocycles. The lowest BCUT2D eigenvalue weighted by atomic mass is 10.0. The van der Waals surface area contributed by atoms with Crippen molar-refractivity contribution < 1.29 is 4.79 Å². The molecule has 2 N–H and O–H groups in total. The Bertz CT molecular complexity index is 718. The number of rotatable bonds is 3. The molecule has 122 valence electrons. The van der Waals surface area contributed by atoms with Crippen LogP contribution in [0.3, 0.4) is 0 Å². The van der Waals surface area contributed by atoms with E-state index in [4.69, 9.17) is 5.73 Å². The van der Waals surface area contributed by atoms with Gasteiger partial charge >= 0.3 is 0 Å². The van der Waals surface area contributed by atoms with E-state index in [-0.39, 0.29) is 11.9 Å². The van der Waals surface area contributed by atoms with Gasteiger partial charge < -0.3 is 10.6 Å². The Morgan fingerprint density at radius 1 is 1.26 bits per heavy atom. The largest absolute Gasteiger partial charge is 0.336 e. The highest BCUT2D eigenvalue weighted by molar-refractivity contribution is 7.17. The van der Waals surface area contributed by atoms with Crippen molar-refractivity contribution in [2.45, 2.75) is 39.7 Å². The molecule has 2 heterocycles. The maximum Gasteiger partial charge on any atom is 0.264 e. The fraction of sp³-hybridized carbons (Fsp3) is 0.421. The lowest BCUT2D eigenvalue weighted by Crippen LogP contribution is -2.31. The zero-order valence-electron chi connectivity index (χ0n) is 14.1. The number of nitrogens with zero attached hydrogens (tertiary/aromatic N) is 1. The molecule has 1 aliphatic heterocycles. The van der Waals surface area contributed by atoms with Crippen LogP contribution in [0, 0.1) is 13.8 Å². The highest BCUT2D eigenvalue weighted by atomic mass is 32.1. The number of nitrogens with two attached hydrogens (primary N) is 1. The Hall–Kier alpha value is -1.65. The molecule has 0 radical (unpaired) electrons. The van der Waals surface area contributed by atoms with Crippen LogP contribution >= 0.6 is 11.3 Å². The van der Waals surface area contributed by atoms with Crippen LogP contribution in [0.4, 0.5) is 0 Å². The van der Waals surface area contributed by atoms with Crippen molar-refractivity contribution in [3.8, 4) is 10.4 Å². The number of carbonyl (C=O) groups is 1. The van der Waals surface area contributed by atoms with E-state index in [1.807, 2.05) is 4.90 Å². The van der Waals surface area contributed by atoms with Gasteiger partial charge in [-0.05, 0) is 48.9 Å². The van der Waals surface area contributed by atoms with E-state index in [1.165, 1.54) is 21.6 Å². The van der Waals surface area contributed by atoms with Crippen LogP contribution in [0.25, 0.3) is 10.4 Å². The van der Waals surface area contributed by atoms with Crippen molar-refractivity contribution >= 4 is 17.2 Å². The minimum Gasteiger partial charge on any atom is -0.336 e. The third-order valence-electron chi connectivity index (χ3n) is 4.78. The van der Waals surface area contributed by atoms with E-state index in [0.717, 1.165) is 29.8 Å². The van der Waals surface area contributed by atoms with Gasteiger partial charge in [0.05, 0.1) is 4.88 Å². The third-order valence-corrected chi connectivity index (χ3v) is 6.21. The summed E-state index contributed by atoms with van der Waals surface area (Å²) in [4.78, 5) is 16.8. The highest BCUT2D eigenvalue weighted by Gasteiger charge is 2.28. The fourth-order valence-electron chi connectivity index (χ4n) is 3.08. The van der Waals surface area contributed by atoms with Crippen molar-refractivity contribution in [2.75, 3.05) is 13.1 Å². The monoisotopic (exact) mass is 328 g/mol. The van der Waals surface area contributed by atoms with Crippen molar-refractivity contribution in [3.63, 3.8) is 0 Å². The second-order valence-corrected chi connectivity index (χ2v) is 7.38. The Morgan fingerprint density at radius 2 is 1.96 bits per heavy atom. The van der Waals surface area contributed by atoms with Gasteiger partial charge in [-0.2, -0.15) is 0 Å². The number of benzene rings is 1. The fourth-order valence-corrected chi connectivity index (χ4v) is 4.37. The van der Waals surface area contributed by atoms with E-state index in [1.54, 1.807) is 11.3 Å². The summed E-state index contributed by atoms with van der Waals surface area (Å²) < 4.78 is 0. The molecule has 0 unspecified atom stereocenters. The molecule has 1 fully saturated rings. The first-order valence-corrected chi connectivity index (χ1v) is 9.07. The number of aryl methyl sites for hydroxylation is 1. The van der Waals surface area contributed by atoms with Gasteiger partial charge in [0.25, 0.3) is 5.91 Å². The summed E-state index contributed by atoms with van der Waals surface area (Å²) in [6.07, 6.45) is 1.95. The second-order valence-electron chi connectivity index (χ2n) is 6.36. The minimum atomic E-state index is 0.126. The van der Waals surface area contributed by atoms with E-state index >= 15 is 0 Å². The van der Waals surface area contributed by atoms with Crippen LogP contribution in [-0.2, 0) is 6.42 Å². The van der Waals surface area contributed by atoms with E-state index in [2.05, 4.69) is 45.0 Å². The van der Waals surface area contributed by atoms with Gasteiger partial charge in [0.1, 0.15) is 0 Å². The molecular formula is C19H24N2OS. The van der Waals surface area contributed by atoms with Crippen LogP contribution in [0.15, 0.2) is 24.3 Å². The van der Waals surface area contributed by atoms with E-state index in [0.29, 0.717) is 6.54 Å². The van der Waals surface area contributed by atoms with Gasteiger partial charge in [0, 0.05) is 24.0 Å². The van der Waals surface area contributed by atoms with E-state index in [9.17, 15) is 4.79 Å². The summed E-state index contributed by atoms with van der Waals surface area (Å²) in [5.41, 5.74) is 10.8. The molecule has 3 rings (SSSR count). The summed E-state index contributed by atoms with van der Waals surface area (Å²) in [6, 6.07) is 8.80. The van der Waals surface area contributed by atoms with Crippen LogP contribution in [0.1, 0.15) is 39.7 Å². The predicted molar refractivity (Wildman–Crippen MR) is 97.1 cm³/mol. The first kappa shape index (κ1) is 16.2. The zero-order valence-corrected chi connectivity index (χ0v) is 14.9. The number of likely N-dealkylation sites (tertiary alicyclic amines) is 1. The summed E-state index contributed by atoms with van der Waals surface area (Å²) in [6.45, 7) is 7.78. The van der Waals surface area contributed by atoms with Crippen LogP contribution in [-0.4, -0.2) is 29.9 Å². The lowest BCUT2D eigenvalue weighted by molar-refractivity contribution is 0.0795. The van der Waals surface area contributed by atoms with Crippen LogP contribution < -0.4 is 5.73 Å². The van der Waals surface area contributed by atoms with Crippen molar-refractivity contribution in [2.24, 2.45) is 5.73 Å². The number of amides is 1. The summed E-state index contributed by atoms with van der Waals surface area (Å²) in [7, 11) is 0. The molecule has 1 aromatic carbocycles. The summed E-state index contributed by atoms with van der Waals surface area (Å²) in [5.74, 6) is 0.139. The topological polar surface area (TPSA) is 46.3 Å². The van der Waals surface area contributed by atoms with Gasteiger partial charge in [-0.3, -0.25) is 4.79 Å². The minimum absolute atomic E-state index is 0.126.